The monoisotopic (exact) mass is 217 g/mol. The van der Waals surface area contributed by atoms with Crippen molar-refractivity contribution < 1.29 is 4.74 Å². The number of rotatable bonds is 1. The summed E-state index contributed by atoms with van der Waals surface area (Å²) in [7, 11) is 0. The van der Waals surface area contributed by atoms with Gasteiger partial charge in [-0.25, -0.2) is 0 Å². The van der Waals surface area contributed by atoms with Crippen LogP contribution < -0.4 is 10.6 Å². The normalized spacial score (nSPS) is 16.6. The number of benzene rings is 1. The highest BCUT2D eigenvalue weighted by molar-refractivity contribution is 5.69. The highest BCUT2D eigenvalue weighted by atomic mass is 16.5. The van der Waals surface area contributed by atoms with E-state index < -0.39 is 0 Å². The quantitative estimate of drug-likeness (QED) is 0.722. The highest BCUT2D eigenvalue weighted by Crippen LogP contribution is 2.25. The van der Waals surface area contributed by atoms with Gasteiger partial charge in [0, 0.05) is 19.7 Å². The van der Waals surface area contributed by atoms with E-state index in [1.54, 1.807) is 12.1 Å². The molecule has 0 aliphatic carbocycles. The van der Waals surface area contributed by atoms with Gasteiger partial charge in [-0.1, -0.05) is 0 Å². The molecule has 1 aromatic carbocycles. The summed E-state index contributed by atoms with van der Waals surface area (Å²) in [5.41, 5.74) is 8.25. The van der Waals surface area contributed by atoms with E-state index in [9.17, 15) is 0 Å². The summed E-state index contributed by atoms with van der Waals surface area (Å²) in [6.45, 7) is 3.28. The standard InChI is InChI=1S/C12H15N3O/c13-9-10-2-3-11(14)12(8-10)15-4-1-6-16-7-5-15/h2-3,8H,1,4-7,14H2. The molecule has 1 fully saturated rings. The second-order valence-electron chi connectivity index (χ2n) is 3.84. The SMILES string of the molecule is N#Cc1ccc(N)c(N2CCCOCC2)c1. The van der Waals surface area contributed by atoms with Gasteiger partial charge in [0.1, 0.15) is 0 Å². The predicted molar refractivity (Wildman–Crippen MR) is 63.2 cm³/mol. The Bertz CT molecular complexity index is 403. The van der Waals surface area contributed by atoms with Crippen LogP contribution in [-0.4, -0.2) is 26.3 Å². The Morgan fingerprint density at radius 3 is 3.00 bits per heavy atom. The molecule has 0 radical (unpaired) electrons. The fourth-order valence-corrected chi connectivity index (χ4v) is 1.87. The molecule has 84 valence electrons. The first-order chi connectivity index (χ1) is 7.81. The van der Waals surface area contributed by atoms with Gasteiger partial charge in [0.05, 0.1) is 29.6 Å². The number of nitriles is 1. The molecule has 4 nitrogen and oxygen atoms in total. The lowest BCUT2D eigenvalue weighted by Gasteiger charge is -2.23. The van der Waals surface area contributed by atoms with Crippen LogP contribution in [0.25, 0.3) is 0 Å². The summed E-state index contributed by atoms with van der Waals surface area (Å²) in [6.07, 6.45) is 0.996. The lowest BCUT2D eigenvalue weighted by atomic mass is 10.1. The van der Waals surface area contributed by atoms with E-state index in [0.29, 0.717) is 5.56 Å². The first-order valence-electron chi connectivity index (χ1n) is 5.43. The Balaban J connectivity index is 2.27. The second-order valence-corrected chi connectivity index (χ2v) is 3.84. The minimum absolute atomic E-state index is 0.648. The van der Waals surface area contributed by atoms with Crippen LogP contribution in [0.2, 0.25) is 0 Å². The molecule has 1 aromatic rings. The van der Waals surface area contributed by atoms with Crippen molar-refractivity contribution in [2.24, 2.45) is 0 Å². The number of anilines is 2. The van der Waals surface area contributed by atoms with Crippen LogP contribution in [0.3, 0.4) is 0 Å². The molecule has 1 aliphatic rings. The third-order valence-electron chi connectivity index (χ3n) is 2.72. The lowest BCUT2D eigenvalue weighted by Crippen LogP contribution is -2.26. The summed E-state index contributed by atoms with van der Waals surface area (Å²) >= 11 is 0. The molecule has 2 N–H and O–H groups in total. The predicted octanol–water partition coefficient (Wildman–Crippen LogP) is 1.37. The van der Waals surface area contributed by atoms with Gasteiger partial charge < -0.3 is 15.4 Å². The van der Waals surface area contributed by atoms with Crippen molar-refractivity contribution >= 4 is 11.4 Å². The Hall–Kier alpha value is -1.73. The minimum Gasteiger partial charge on any atom is -0.397 e. The van der Waals surface area contributed by atoms with Gasteiger partial charge >= 0.3 is 0 Å². The van der Waals surface area contributed by atoms with Crippen LogP contribution >= 0.6 is 0 Å². The average molecular weight is 217 g/mol. The summed E-state index contributed by atoms with van der Waals surface area (Å²) in [5.74, 6) is 0. The molecule has 1 saturated heterocycles. The Morgan fingerprint density at radius 2 is 2.19 bits per heavy atom. The van der Waals surface area contributed by atoms with Crippen molar-refractivity contribution in [3.8, 4) is 6.07 Å². The van der Waals surface area contributed by atoms with Gasteiger partial charge in [0.2, 0.25) is 0 Å². The van der Waals surface area contributed by atoms with E-state index >= 15 is 0 Å². The third kappa shape index (κ3) is 2.26. The number of ether oxygens (including phenoxy) is 1. The molecule has 0 unspecified atom stereocenters. The number of hydrogen-bond acceptors (Lipinski definition) is 4. The van der Waals surface area contributed by atoms with E-state index in [4.69, 9.17) is 15.7 Å². The molecular formula is C12H15N3O. The van der Waals surface area contributed by atoms with Crippen LogP contribution in [0.4, 0.5) is 11.4 Å². The number of nitrogens with zero attached hydrogens (tertiary/aromatic N) is 2. The topological polar surface area (TPSA) is 62.3 Å². The smallest absolute Gasteiger partial charge is 0.0992 e. The van der Waals surface area contributed by atoms with Gasteiger partial charge in [-0.3, -0.25) is 0 Å². The van der Waals surface area contributed by atoms with Crippen molar-refractivity contribution in [1.82, 2.24) is 0 Å². The Morgan fingerprint density at radius 1 is 1.31 bits per heavy atom. The first kappa shape index (κ1) is 10.8. The molecule has 2 rings (SSSR count). The fraction of sp³-hybridized carbons (Fsp3) is 0.417. The molecule has 0 atom stereocenters. The molecule has 4 heteroatoms. The van der Waals surface area contributed by atoms with E-state index in [2.05, 4.69) is 11.0 Å². The average Bonchev–Trinajstić information content (AvgIpc) is 2.58. The summed E-state index contributed by atoms with van der Waals surface area (Å²) in [4.78, 5) is 2.18. The maximum Gasteiger partial charge on any atom is 0.0992 e. The molecule has 16 heavy (non-hydrogen) atoms. The second kappa shape index (κ2) is 4.86. The number of hydrogen-bond donors (Lipinski definition) is 1. The molecule has 1 heterocycles. The van der Waals surface area contributed by atoms with Crippen LogP contribution in [0.5, 0.6) is 0 Å². The van der Waals surface area contributed by atoms with Gasteiger partial charge in [-0.05, 0) is 24.6 Å². The van der Waals surface area contributed by atoms with Crippen molar-refractivity contribution in [3.63, 3.8) is 0 Å². The Labute approximate surface area is 95.2 Å². The zero-order chi connectivity index (χ0) is 11.4. The van der Waals surface area contributed by atoms with E-state index in [1.807, 2.05) is 6.07 Å². The van der Waals surface area contributed by atoms with E-state index in [1.165, 1.54) is 0 Å². The molecule has 0 amide bonds. The third-order valence-corrected chi connectivity index (χ3v) is 2.72. The van der Waals surface area contributed by atoms with Crippen molar-refractivity contribution in [1.29, 1.82) is 5.26 Å². The van der Waals surface area contributed by atoms with Crippen LogP contribution in [-0.2, 0) is 4.74 Å². The van der Waals surface area contributed by atoms with E-state index in [0.717, 1.165) is 44.1 Å². The zero-order valence-corrected chi connectivity index (χ0v) is 9.15. The van der Waals surface area contributed by atoms with Gasteiger partial charge in [-0.2, -0.15) is 5.26 Å². The zero-order valence-electron chi connectivity index (χ0n) is 9.15. The van der Waals surface area contributed by atoms with E-state index in [-0.39, 0.29) is 0 Å². The first-order valence-corrected chi connectivity index (χ1v) is 5.43. The molecule has 0 spiro atoms. The molecule has 0 bridgehead atoms. The fourth-order valence-electron chi connectivity index (χ4n) is 1.87. The number of nitrogens with two attached hydrogens (primary N) is 1. The van der Waals surface area contributed by atoms with Crippen molar-refractivity contribution in [2.45, 2.75) is 6.42 Å². The Kier molecular flexibility index (Phi) is 3.28. The van der Waals surface area contributed by atoms with Gasteiger partial charge in [0.15, 0.2) is 0 Å². The molecule has 0 aromatic heterocycles. The molecule has 0 saturated carbocycles. The van der Waals surface area contributed by atoms with Gasteiger partial charge in [0.25, 0.3) is 0 Å². The van der Waals surface area contributed by atoms with Crippen molar-refractivity contribution in [2.75, 3.05) is 36.9 Å². The summed E-state index contributed by atoms with van der Waals surface area (Å²) < 4.78 is 5.40. The summed E-state index contributed by atoms with van der Waals surface area (Å²) in [6, 6.07) is 7.52. The maximum absolute atomic E-state index is 8.87. The maximum atomic E-state index is 8.87. The van der Waals surface area contributed by atoms with Gasteiger partial charge in [-0.15, -0.1) is 0 Å². The van der Waals surface area contributed by atoms with Crippen LogP contribution in [0.1, 0.15) is 12.0 Å². The minimum atomic E-state index is 0.648. The van der Waals surface area contributed by atoms with Crippen LogP contribution in [0.15, 0.2) is 18.2 Å². The molecule has 1 aliphatic heterocycles. The summed E-state index contributed by atoms with van der Waals surface area (Å²) in [5, 5.41) is 8.87. The number of nitrogen functional groups attached to an aromatic ring is 1. The lowest BCUT2D eigenvalue weighted by molar-refractivity contribution is 0.152. The van der Waals surface area contributed by atoms with Crippen LogP contribution in [0, 0.1) is 11.3 Å². The highest BCUT2D eigenvalue weighted by Gasteiger charge is 2.13. The molecular weight excluding hydrogens is 202 g/mol. The van der Waals surface area contributed by atoms with Crippen molar-refractivity contribution in [3.05, 3.63) is 23.8 Å². The largest absolute Gasteiger partial charge is 0.397 e.